The van der Waals surface area contributed by atoms with Crippen molar-refractivity contribution in [2.45, 2.75) is 25.8 Å². The van der Waals surface area contributed by atoms with E-state index in [9.17, 15) is 4.79 Å². The largest absolute Gasteiger partial charge is 0.497 e. The number of carbonyl (C=O) groups excluding carboxylic acids is 1. The minimum absolute atomic E-state index is 0.0804. The molecule has 0 saturated carbocycles. The Balaban J connectivity index is 1.69. The number of carbonyl (C=O) groups is 1. The van der Waals surface area contributed by atoms with Crippen LogP contribution in [-0.4, -0.2) is 36.3 Å². The Bertz CT molecular complexity index is 993. The fourth-order valence-corrected chi connectivity index (χ4v) is 3.31. The first-order chi connectivity index (χ1) is 15.0. The van der Waals surface area contributed by atoms with Crippen LogP contribution in [0.3, 0.4) is 0 Å². The average Bonchev–Trinajstić information content (AvgIpc) is 3.21. The second kappa shape index (κ2) is 10.5. The zero-order valence-corrected chi connectivity index (χ0v) is 18.4. The van der Waals surface area contributed by atoms with E-state index in [0.717, 1.165) is 22.7 Å². The first kappa shape index (κ1) is 22.2. The van der Waals surface area contributed by atoms with E-state index in [0.29, 0.717) is 30.9 Å². The second-order valence-corrected chi connectivity index (χ2v) is 7.26. The van der Waals surface area contributed by atoms with Crippen LogP contribution < -0.4 is 19.5 Å². The topological polar surface area (TPSA) is 74.6 Å². The van der Waals surface area contributed by atoms with Gasteiger partial charge in [0, 0.05) is 31.9 Å². The van der Waals surface area contributed by atoms with Crippen LogP contribution >= 0.6 is 0 Å². The Morgan fingerprint density at radius 3 is 2.45 bits per heavy atom. The Kier molecular flexibility index (Phi) is 7.54. The normalized spacial score (nSPS) is 11.6. The maximum atomic E-state index is 12.8. The molecule has 2 aromatic carbocycles. The molecular weight excluding hydrogens is 394 g/mol. The number of aromatic nitrogens is 2. The SMILES string of the molecule is COc1cc(OC)cc(C(NC(=O)CCCOc2ccccc2C)c2nccn2C)c1. The van der Waals surface area contributed by atoms with Gasteiger partial charge in [-0.2, -0.15) is 0 Å². The summed E-state index contributed by atoms with van der Waals surface area (Å²) in [6.45, 7) is 2.47. The lowest BCUT2D eigenvalue weighted by atomic mass is 10.0. The number of para-hydroxylation sites is 1. The summed E-state index contributed by atoms with van der Waals surface area (Å²) in [6.07, 6.45) is 4.51. The van der Waals surface area contributed by atoms with Crippen molar-refractivity contribution in [3.63, 3.8) is 0 Å². The summed E-state index contributed by atoms with van der Waals surface area (Å²) in [5, 5.41) is 3.10. The molecule has 1 unspecified atom stereocenters. The van der Waals surface area contributed by atoms with E-state index in [4.69, 9.17) is 14.2 Å². The molecule has 31 heavy (non-hydrogen) atoms. The molecule has 3 aromatic rings. The van der Waals surface area contributed by atoms with Crippen LogP contribution in [0.4, 0.5) is 0 Å². The summed E-state index contributed by atoms with van der Waals surface area (Å²) in [4.78, 5) is 17.2. The van der Waals surface area contributed by atoms with Crippen molar-refractivity contribution >= 4 is 5.91 Å². The molecule has 7 heteroatoms. The number of aryl methyl sites for hydroxylation is 2. The number of ether oxygens (including phenoxy) is 3. The molecule has 0 radical (unpaired) electrons. The van der Waals surface area contributed by atoms with Crippen LogP contribution in [0.15, 0.2) is 54.9 Å². The van der Waals surface area contributed by atoms with Crippen molar-refractivity contribution < 1.29 is 19.0 Å². The first-order valence-electron chi connectivity index (χ1n) is 10.2. The van der Waals surface area contributed by atoms with Gasteiger partial charge in [-0.05, 0) is 42.7 Å². The van der Waals surface area contributed by atoms with Crippen LogP contribution in [0.25, 0.3) is 0 Å². The maximum absolute atomic E-state index is 12.8. The monoisotopic (exact) mass is 423 g/mol. The molecule has 1 N–H and O–H groups in total. The van der Waals surface area contributed by atoms with E-state index in [1.54, 1.807) is 26.5 Å². The van der Waals surface area contributed by atoms with Gasteiger partial charge in [-0.1, -0.05) is 18.2 Å². The highest BCUT2D eigenvalue weighted by Crippen LogP contribution is 2.29. The van der Waals surface area contributed by atoms with Crippen molar-refractivity contribution in [1.29, 1.82) is 0 Å². The number of benzene rings is 2. The number of rotatable bonds is 10. The maximum Gasteiger partial charge on any atom is 0.220 e. The highest BCUT2D eigenvalue weighted by atomic mass is 16.5. The number of hydrogen-bond acceptors (Lipinski definition) is 5. The van der Waals surface area contributed by atoms with E-state index in [-0.39, 0.29) is 5.91 Å². The van der Waals surface area contributed by atoms with Gasteiger partial charge in [0.05, 0.1) is 20.8 Å². The minimum atomic E-state index is -0.436. The van der Waals surface area contributed by atoms with Gasteiger partial charge in [0.2, 0.25) is 5.91 Å². The molecule has 0 bridgehead atoms. The van der Waals surface area contributed by atoms with Crippen LogP contribution in [-0.2, 0) is 11.8 Å². The van der Waals surface area contributed by atoms with Crippen molar-refractivity contribution in [3.8, 4) is 17.2 Å². The molecule has 0 saturated heterocycles. The number of nitrogens with zero attached hydrogens (tertiary/aromatic N) is 2. The number of imidazole rings is 1. The van der Waals surface area contributed by atoms with Gasteiger partial charge in [-0.3, -0.25) is 4.79 Å². The number of hydrogen-bond donors (Lipinski definition) is 1. The molecule has 0 aliphatic carbocycles. The highest BCUT2D eigenvalue weighted by Gasteiger charge is 2.22. The molecule has 0 spiro atoms. The zero-order chi connectivity index (χ0) is 22.2. The fourth-order valence-electron chi connectivity index (χ4n) is 3.31. The quantitative estimate of drug-likeness (QED) is 0.502. The highest BCUT2D eigenvalue weighted by molar-refractivity contribution is 5.76. The molecule has 0 fully saturated rings. The van der Waals surface area contributed by atoms with Crippen LogP contribution in [0.2, 0.25) is 0 Å². The zero-order valence-electron chi connectivity index (χ0n) is 18.4. The van der Waals surface area contributed by atoms with E-state index >= 15 is 0 Å². The number of nitrogens with one attached hydrogen (secondary N) is 1. The lowest BCUT2D eigenvalue weighted by molar-refractivity contribution is -0.121. The minimum Gasteiger partial charge on any atom is -0.497 e. The first-order valence-corrected chi connectivity index (χ1v) is 10.2. The van der Waals surface area contributed by atoms with Gasteiger partial charge >= 0.3 is 0 Å². The number of methoxy groups -OCH3 is 2. The molecule has 7 nitrogen and oxygen atoms in total. The van der Waals surface area contributed by atoms with Crippen LogP contribution in [0, 0.1) is 6.92 Å². The standard InChI is InChI=1S/C24H29N3O4/c1-17-8-5-6-9-21(17)31-13-7-10-22(28)26-23(24-25-11-12-27(24)2)18-14-19(29-3)16-20(15-18)30-4/h5-6,8-9,11-12,14-16,23H,7,10,13H2,1-4H3,(H,26,28). The van der Waals surface area contributed by atoms with E-state index in [1.165, 1.54) is 0 Å². The summed E-state index contributed by atoms with van der Waals surface area (Å²) >= 11 is 0. The van der Waals surface area contributed by atoms with Crippen molar-refractivity contribution in [3.05, 3.63) is 71.8 Å². The Labute approximate surface area is 183 Å². The second-order valence-electron chi connectivity index (χ2n) is 7.26. The van der Waals surface area contributed by atoms with Gasteiger partial charge in [0.1, 0.15) is 29.1 Å². The lowest BCUT2D eigenvalue weighted by Crippen LogP contribution is -2.31. The smallest absolute Gasteiger partial charge is 0.220 e. The van der Waals surface area contributed by atoms with Gasteiger partial charge in [0.25, 0.3) is 0 Å². The predicted octanol–water partition coefficient (Wildman–Crippen LogP) is 3.81. The van der Waals surface area contributed by atoms with E-state index in [1.807, 2.05) is 61.1 Å². The molecular formula is C24H29N3O4. The summed E-state index contributed by atoms with van der Waals surface area (Å²) in [7, 11) is 5.09. The molecule has 1 aromatic heterocycles. The third-order valence-electron chi connectivity index (χ3n) is 5.03. The Morgan fingerprint density at radius 2 is 1.84 bits per heavy atom. The van der Waals surface area contributed by atoms with Crippen molar-refractivity contribution in [1.82, 2.24) is 14.9 Å². The lowest BCUT2D eigenvalue weighted by Gasteiger charge is -2.20. The Hall–Kier alpha value is -3.48. The van der Waals surface area contributed by atoms with E-state index in [2.05, 4.69) is 10.3 Å². The third-order valence-corrected chi connectivity index (χ3v) is 5.03. The summed E-state index contributed by atoms with van der Waals surface area (Å²) in [6, 6.07) is 13.0. The molecule has 1 atom stereocenters. The third kappa shape index (κ3) is 5.78. The Morgan fingerprint density at radius 1 is 1.13 bits per heavy atom. The van der Waals surface area contributed by atoms with Crippen LogP contribution in [0.5, 0.6) is 17.2 Å². The molecule has 1 heterocycles. The van der Waals surface area contributed by atoms with Gasteiger partial charge in [-0.25, -0.2) is 4.98 Å². The van der Waals surface area contributed by atoms with Crippen LogP contribution in [0.1, 0.15) is 35.8 Å². The van der Waals surface area contributed by atoms with Gasteiger partial charge in [0.15, 0.2) is 0 Å². The fraction of sp³-hybridized carbons (Fsp3) is 0.333. The number of amides is 1. The summed E-state index contributed by atoms with van der Waals surface area (Å²) in [5.41, 5.74) is 1.91. The van der Waals surface area contributed by atoms with Gasteiger partial charge in [-0.15, -0.1) is 0 Å². The van der Waals surface area contributed by atoms with E-state index < -0.39 is 6.04 Å². The van der Waals surface area contributed by atoms with Crippen molar-refractivity contribution in [2.75, 3.05) is 20.8 Å². The molecule has 0 aliphatic heterocycles. The molecule has 164 valence electrons. The molecule has 1 amide bonds. The van der Waals surface area contributed by atoms with Crippen molar-refractivity contribution in [2.24, 2.45) is 7.05 Å². The summed E-state index contributed by atoms with van der Waals surface area (Å²) < 4.78 is 18.5. The summed E-state index contributed by atoms with van der Waals surface area (Å²) in [5.74, 6) is 2.78. The van der Waals surface area contributed by atoms with Gasteiger partial charge < -0.3 is 24.1 Å². The average molecular weight is 424 g/mol. The molecule has 3 rings (SSSR count). The predicted molar refractivity (Wildman–Crippen MR) is 119 cm³/mol. The molecule has 0 aliphatic rings.